The van der Waals surface area contributed by atoms with Gasteiger partial charge in [0.15, 0.2) is 0 Å². The van der Waals surface area contributed by atoms with Crippen LogP contribution >= 0.6 is 27.3 Å². The Morgan fingerprint density at radius 1 is 1.12 bits per heavy atom. The summed E-state index contributed by atoms with van der Waals surface area (Å²) in [6, 6.07) is 10.9. The van der Waals surface area contributed by atoms with Crippen molar-refractivity contribution in [2.24, 2.45) is 0 Å². The fraction of sp³-hybridized carbons (Fsp3) is 0.286. The van der Waals surface area contributed by atoms with Crippen molar-refractivity contribution in [3.63, 3.8) is 0 Å². The third kappa shape index (κ3) is 2.38. The minimum Gasteiger partial charge on any atom is -0.144 e. The molecule has 2 rings (SSSR count). The summed E-state index contributed by atoms with van der Waals surface area (Å²) in [6.45, 7) is 6.71. The van der Waals surface area contributed by atoms with Gasteiger partial charge in [0.25, 0.3) is 0 Å². The van der Waals surface area contributed by atoms with E-state index >= 15 is 0 Å². The molecule has 2 heteroatoms. The van der Waals surface area contributed by atoms with E-state index in [9.17, 15) is 0 Å². The van der Waals surface area contributed by atoms with Crippen LogP contribution in [0, 0.1) is 0 Å². The number of hydrogen-bond acceptors (Lipinski definition) is 1. The van der Waals surface area contributed by atoms with Gasteiger partial charge in [0.1, 0.15) is 0 Å². The first kappa shape index (κ1) is 11.9. The monoisotopic (exact) mass is 294 g/mol. The summed E-state index contributed by atoms with van der Waals surface area (Å²) >= 11 is 5.44. The summed E-state index contributed by atoms with van der Waals surface area (Å²) in [4.78, 5) is 1.31. The molecule has 1 heterocycles. The molecule has 0 saturated carbocycles. The van der Waals surface area contributed by atoms with Gasteiger partial charge in [-0.3, -0.25) is 0 Å². The molecule has 0 aliphatic carbocycles. The molecule has 2 aromatic rings. The standard InChI is InChI=1S/C14H15BrS/c1-14(2,3)10-6-7-11(12(15)9-10)13-5-4-8-16-13/h4-9H,1-3H3. The molecule has 0 aliphatic heterocycles. The number of rotatable bonds is 1. The molecule has 0 atom stereocenters. The topological polar surface area (TPSA) is 0 Å². The fourth-order valence-corrected chi connectivity index (χ4v) is 3.10. The van der Waals surface area contributed by atoms with Crippen LogP contribution in [0.2, 0.25) is 0 Å². The Balaban J connectivity index is 2.46. The highest BCUT2D eigenvalue weighted by Crippen LogP contribution is 2.34. The lowest BCUT2D eigenvalue weighted by Gasteiger charge is -2.20. The van der Waals surface area contributed by atoms with E-state index in [0.717, 1.165) is 0 Å². The second-order valence-corrected chi connectivity index (χ2v) is 6.72. The molecule has 1 aromatic carbocycles. The van der Waals surface area contributed by atoms with Crippen molar-refractivity contribution >= 4 is 27.3 Å². The van der Waals surface area contributed by atoms with Crippen LogP contribution in [0.15, 0.2) is 40.2 Å². The normalized spacial score (nSPS) is 11.8. The molecule has 0 fully saturated rings. The van der Waals surface area contributed by atoms with E-state index in [1.165, 1.54) is 20.5 Å². The summed E-state index contributed by atoms with van der Waals surface area (Å²) in [6.07, 6.45) is 0. The van der Waals surface area contributed by atoms with E-state index in [0.29, 0.717) is 0 Å². The number of thiophene rings is 1. The van der Waals surface area contributed by atoms with Gasteiger partial charge < -0.3 is 0 Å². The summed E-state index contributed by atoms with van der Waals surface area (Å²) in [7, 11) is 0. The van der Waals surface area contributed by atoms with E-state index in [1.807, 2.05) is 0 Å². The highest BCUT2D eigenvalue weighted by atomic mass is 79.9. The Kier molecular flexibility index (Phi) is 3.22. The quantitative estimate of drug-likeness (QED) is 0.654. The van der Waals surface area contributed by atoms with Crippen molar-refractivity contribution in [3.05, 3.63) is 45.7 Å². The van der Waals surface area contributed by atoms with Crippen molar-refractivity contribution in [2.75, 3.05) is 0 Å². The molecule has 0 bridgehead atoms. The first-order chi connectivity index (χ1) is 7.48. The average molecular weight is 295 g/mol. The average Bonchev–Trinajstić information content (AvgIpc) is 2.69. The Morgan fingerprint density at radius 2 is 1.88 bits per heavy atom. The maximum Gasteiger partial charge on any atom is 0.0354 e. The third-order valence-electron chi connectivity index (χ3n) is 2.62. The lowest BCUT2D eigenvalue weighted by molar-refractivity contribution is 0.590. The Hall–Kier alpha value is -0.600. The Bertz CT molecular complexity index is 478. The lowest BCUT2D eigenvalue weighted by Crippen LogP contribution is -2.10. The van der Waals surface area contributed by atoms with Crippen LogP contribution in [0.4, 0.5) is 0 Å². The highest BCUT2D eigenvalue weighted by molar-refractivity contribution is 9.10. The predicted molar refractivity (Wildman–Crippen MR) is 76.2 cm³/mol. The SMILES string of the molecule is CC(C)(C)c1ccc(-c2cccs2)c(Br)c1. The Morgan fingerprint density at radius 3 is 2.38 bits per heavy atom. The van der Waals surface area contributed by atoms with Gasteiger partial charge in [-0.15, -0.1) is 11.3 Å². The van der Waals surface area contributed by atoms with E-state index in [1.54, 1.807) is 11.3 Å². The third-order valence-corrected chi connectivity index (χ3v) is 4.18. The number of hydrogen-bond donors (Lipinski definition) is 0. The van der Waals surface area contributed by atoms with Gasteiger partial charge in [-0.2, -0.15) is 0 Å². The van der Waals surface area contributed by atoms with Crippen molar-refractivity contribution in [2.45, 2.75) is 26.2 Å². The van der Waals surface area contributed by atoms with Crippen LogP contribution in [0.3, 0.4) is 0 Å². The van der Waals surface area contributed by atoms with Crippen LogP contribution in [0.1, 0.15) is 26.3 Å². The molecule has 84 valence electrons. The molecule has 16 heavy (non-hydrogen) atoms. The van der Waals surface area contributed by atoms with Crippen LogP contribution in [-0.4, -0.2) is 0 Å². The van der Waals surface area contributed by atoms with Gasteiger partial charge in [-0.25, -0.2) is 0 Å². The summed E-state index contributed by atoms with van der Waals surface area (Å²) < 4.78 is 1.18. The molecule has 1 aromatic heterocycles. The van der Waals surface area contributed by atoms with Crippen molar-refractivity contribution in [1.82, 2.24) is 0 Å². The molecular formula is C14H15BrS. The zero-order valence-corrected chi connectivity index (χ0v) is 12.2. The van der Waals surface area contributed by atoms with Crippen molar-refractivity contribution < 1.29 is 0 Å². The van der Waals surface area contributed by atoms with Gasteiger partial charge in [0, 0.05) is 14.9 Å². The van der Waals surface area contributed by atoms with Gasteiger partial charge >= 0.3 is 0 Å². The number of halogens is 1. The van der Waals surface area contributed by atoms with E-state index in [2.05, 4.69) is 72.4 Å². The summed E-state index contributed by atoms with van der Waals surface area (Å²) in [5.41, 5.74) is 2.85. The zero-order valence-electron chi connectivity index (χ0n) is 9.75. The van der Waals surface area contributed by atoms with E-state index in [4.69, 9.17) is 0 Å². The molecule has 0 amide bonds. The molecule has 0 saturated heterocycles. The second kappa shape index (κ2) is 4.34. The van der Waals surface area contributed by atoms with Gasteiger partial charge in [0.2, 0.25) is 0 Å². The first-order valence-corrected chi connectivity index (χ1v) is 6.99. The molecule has 0 radical (unpaired) electrons. The maximum absolute atomic E-state index is 3.67. The van der Waals surface area contributed by atoms with Gasteiger partial charge in [-0.05, 0) is 28.5 Å². The summed E-state index contributed by atoms with van der Waals surface area (Å²) in [5.74, 6) is 0. The van der Waals surface area contributed by atoms with Crippen LogP contribution in [0.5, 0.6) is 0 Å². The summed E-state index contributed by atoms with van der Waals surface area (Å²) in [5, 5.41) is 2.11. The molecule has 0 aliphatic rings. The molecule has 0 spiro atoms. The molecule has 0 unspecified atom stereocenters. The minimum absolute atomic E-state index is 0.205. The molecule has 0 N–H and O–H groups in total. The fourth-order valence-electron chi connectivity index (χ4n) is 1.61. The van der Waals surface area contributed by atoms with Gasteiger partial charge in [-0.1, -0.05) is 54.9 Å². The van der Waals surface area contributed by atoms with Crippen LogP contribution in [-0.2, 0) is 5.41 Å². The van der Waals surface area contributed by atoms with Crippen LogP contribution in [0.25, 0.3) is 10.4 Å². The largest absolute Gasteiger partial charge is 0.144 e. The van der Waals surface area contributed by atoms with Crippen molar-refractivity contribution in [1.29, 1.82) is 0 Å². The number of benzene rings is 1. The van der Waals surface area contributed by atoms with Crippen LogP contribution < -0.4 is 0 Å². The second-order valence-electron chi connectivity index (χ2n) is 4.92. The lowest BCUT2D eigenvalue weighted by atomic mass is 9.86. The van der Waals surface area contributed by atoms with E-state index < -0.39 is 0 Å². The first-order valence-electron chi connectivity index (χ1n) is 5.32. The highest BCUT2D eigenvalue weighted by Gasteiger charge is 2.15. The van der Waals surface area contributed by atoms with E-state index in [-0.39, 0.29) is 5.41 Å². The maximum atomic E-state index is 3.67. The van der Waals surface area contributed by atoms with Gasteiger partial charge in [0.05, 0.1) is 0 Å². The molecule has 0 nitrogen and oxygen atoms in total. The molecular weight excluding hydrogens is 280 g/mol. The minimum atomic E-state index is 0.205. The smallest absolute Gasteiger partial charge is 0.0354 e. The Labute approximate surface area is 109 Å². The predicted octanol–water partition coefficient (Wildman–Crippen LogP) is 5.48. The zero-order chi connectivity index (χ0) is 11.8. The van der Waals surface area contributed by atoms with Crippen molar-refractivity contribution in [3.8, 4) is 10.4 Å².